The molecular formula is C15H21N3O2. The minimum absolute atomic E-state index is 0.160. The lowest BCUT2D eigenvalue weighted by Crippen LogP contribution is -2.47. The number of piperidine rings is 1. The summed E-state index contributed by atoms with van der Waals surface area (Å²) in [6, 6.07) is 2.16. The molecule has 5 heteroatoms. The van der Waals surface area contributed by atoms with E-state index in [1.807, 2.05) is 0 Å². The first-order valence-corrected chi connectivity index (χ1v) is 7.42. The Hall–Kier alpha value is -1.78. The van der Waals surface area contributed by atoms with Gasteiger partial charge in [-0.25, -0.2) is 9.78 Å². The molecule has 2 atom stereocenters. The van der Waals surface area contributed by atoms with Crippen LogP contribution in [0.1, 0.15) is 48.9 Å². The van der Waals surface area contributed by atoms with E-state index >= 15 is 0 Å². The number of carboxylic acids is 1. The molecule has 3 rings (SSSR count). The van der Waals surface area contributed by atoms with E-state index in [2.05, 4.69) is 9.88 Å². The molecule has 2 fully saturated rings. The molecule has 1 saturated heterocycles. The maximum Gasteiger partial charge on any atom is 0.337 e. The number of aromatic carboxylic acids is 1. The van der Waals surface area contributed by atoms with E-state index in [1.54, 1.807) is 6.07 Å². The maximum absolute atomic E-state index is 11.2. The SMILES string of the molecule is Nc1cnc(N2CCCC3CCCCC32)cc1C(=O)O. The van der Waals surface area contributed by atoms with Crippen molar-refractivity contribution in [1.29, 1.82) is 0 Å². The molecule has 0 spiro atoms. The monoisotopic (exact) mass is 275 g/mol. The van der Waals surface area contributed by atoms with Gasteiger partial charge in [0.1, 0.15) is 5.82 Å². The van der Waals surface area contributed by atoms with Gasteiger partial charge in [0.25, 0.3) is 0 Å². The number of pyridine rings is 1. The summed E-state index contributed by atoms with van der Waals surface area (Å²) in [6.45, 7) is 0.969. The average molecular weight is 275 g/mol. The van der Waals surface area contributed by atoms with Gasteiger partial charge >= 0.3 is 5.97 Å². The molecule has 0 amide bonds. The highest BCUT2D eigenvalue weighted by atomic mass is 16.4. The van der Waals surface area contributed by atoms with Gasteiger partial charge in [-0.2, -0.15) is 0 Å². The molecule has 2 heterocycles. The van der Waals surface area contributed by atoms with Crippen molar-refractivity contribution < 1.29 is 9.90 Å². The lowest BCUT2D eigenvalue weighted by molar-refractivity contribution is 0.0698. The summed E-state index contributed by atoms with van der Waals surface area (Å²) >= 11 is 0. The van der Waals surface area contributed by atoms with Gasteiger partial charge in [-0.3, -0.25) is 0 Å². The average Bonchev–Trinajstić information content (AvgIpc) is 2.47. The molecule has 20 heavy (non-hydrogen) atoms. The van der Waals surface area contributed by atoms with Crippen LogP contribution in [0.2, 0.25) is 0 Å². The summed E-state index contributed by atoms with van der Waals surface area (Å²) in [6.07, 6.45) is 9.01. The third kappa shape index (κ3) is 2.32. The van der Waals surface area contributed by atoms with E-state index < -0.39 is 5.97 Å². The number of hydrogen-bond donors (Lipinski definition) is 2. The van der Waals surface area contributed by atoms with Gasteiger partial charge in [-0.15, -0.1) is 0 Å². The lowest BCUT2D eigenvalue weighted by Gasteiger charge is -2.44. The summed E-state index contributed by atoms with van der Waals surface area (Å²) in [7, 11) is 0. The number of carboxylic acid groups (broad SMARTS) is 1. The molecular weight excluding hydrogens is 254 g/mol. The Morgan fingerprint density at radius 2 is 2.05 bits per heavy atom. The van der Waals surface area contributed by atoms with Gasteiger partial charge in [0.2, 0.25) is 0 Å². The summed E-state index contributed by atoms with van der Waals surface area (Å²) in [5.41, 5.74) is 6.08. The first-order chi connectivity index (χ1) is 9.66. The Balaban J connectivity index is 1.91. The molecule has 0 bridgehead atoms. The molecule has 2 unspecified atom stereocenters. The standard InChI is InChI=1S/C15H21N3O2/c16-12-9-17-14(8-11(12)15(19)20)18-7-3-5-10-4-1-2-6-13(10)18/h8-10,13H,1-7,16H2,(H,19,20). The van der Waals surface area contributed by atoms with Gasteiger partial charge in [0.05, 0.1) is 17.4 Å². The summed E-state index contributed by atoms with van der Waals surface area (Å²) in [5, 5.41) is 9.19. The Morgan fingerprint density at radius 1 is 1.30 bits per heavy atom. The number of carbonyl (C=O) groups is 1. The Bertz CT molecular complexity index is 516. The van der Waals surface area contributed by atoms with Crippen LogP contribution in [0.25, 0.3) is 0 Å². The zero-order valence-electron chi connectivity index (χ0n) is 11.6. The number of nitrogen functional groups attached to an aromatic ring is 1. The number of aromatic nitrogens is 1. The number of nitrogens with zero attached hydrogens (tertiary/aromatic N) is 2. The van der Waals surface area contributed by atoms with E-state index in [0.29, 0.717) is 6.04 Å². The Labute approximate surface area is 118 Å². The summed E-state index contributed by atoms with van der Waals surface area (Å²) in [5.74, 6) is 0.529. The second-order valence-electron chi connectivity index (χ2n) is 5.88. The third-order valence-electron chi connectivity index (χ3n) is 4.69. The van der Waals surface area contributed by atoms with Gasteiger partial charge in [-0.1, -0.05) is 12.8 Å². The van der Waals surface area contributed by atoms with Crippen molar-refractivity contribution in [2.24, 2.45) is 5.92 Å². The summed E-state index contributed by atoms with van der Waals surface area (Å²) in [4.78, 5) is 17.9. The molecule has 2 aliphatic rings. The van der Waals surface area contributed by atoms with Crippen molar-refractivity contribution in [1.82, 2.24) is 4.98 Å². The molecule has 0 radical (unpaired) electrons. The van der Waals surface area contributed by atoms with Crippen molar-refractivity contribution >= 4 is 17.5 Å². The molecule has 3 N–H and O–H groups in total. The molecule has 1 aromatic rings. The zero-order valence-corrected chi connectivity index (χ0v) is 11.6. The number of nitrogens with two attached hydrogens (primary N) is 1. The fraction of sp³-hybridized carbons (Fsp3) is 0.600. The fourth-order valence-electron chi connectivity index (χ4n) is 3.71. The van der Waals surface area contributed by atoms with Crippen LogP contribution in [-0.4, -0.2) is 28.6 Å². The molecule has 1 aromatic heterocycles. The smallest absolute Gasteiger partial charge is 0.337 e. The number of rotatable bonds is 2. The number of hydrogen-bond acceptors (Lipinski definition) is 4. The van der Waals surface area contributed by atoms with Crippen LogP contribution >= 0.6 is 0 Å². The highest BCUT2D eigenvalue weighted by Crippen LogP contribution is 2.37. The van der Waals surface area contributed by atoms with E-state index in [0.717, 1.165) is 24.7 Å². The summed E-state index contributed by atoms with van der Waals surface area (Å²) < 4.78 is 0. The number of fused-ring (bicyclic) bond motifs is 1. The van der Waals surface area contributed by atoms with Crippen LogP contribution in [0, 0.1) is 5.92 Å². The van der Waals surface area contributed by atoms with Crippen LogP contribution in [0.3, 0.4) is 0 Å². The Kier molecular flexibility index (Phi) is 3.51. The van der Waals surface area contributed by atoms with Gasteiger partial charge < -0.3 is 15.7 Å². The van der Waals surface area contributed by atoms with Crippen LogP contribution in [-0.2, 0) is 0 Å². The predicted octanol–water partition coefficient (Wildman–Crippen LogP) is 2.52. The molecule has 5 nitrogen and oxygen atoms in total. The normalized spacial score (nSPS) is 26.1. The van der Waals surface area contributed by atoms with Gasteiger partial charge in [0, 0.05) is 12.6 Å². The maximum atomic E-state index is 11.2. The van der Waals surface area contributed by atoms with Crippen molar-refractivity contribution in [2.75, 3.05) is 17.2 Å². The van der Waals surface area contributed by atoms with Gasteiger partial charge in [0.15, 0.2) is 0 Å². The zero-order chi connectivity index (χ0) is 14.1. The van der Waals surface area contributed by atoms with Gasteiger partial charge in [-0.05, 0) is 37.7 Å². The largest absolute Gasteiger partial charge is 0.478 e. The topological polar surface area (TPSA) is 79.5 Å². The van der Waals surface area contributed by atoms with Crippen molar-refractivity contribution in [3.63, 3.8) is 0 Å². The first kappa shape index (κ1) is 13.2. The van der Waals surface area contributed by atoms with Crippen LogP contribution < -0.4 is 10.6 Å². The van der Waals surface area contributed by atoms with E-state index in [9.17, 15) is 9.90 Å². The second-order valence-corrected chi connectivity index (χ2v) is 5.88. The highest BCUT2D eigenvalue weighted by molar-refractivity contribution is 5.94. The minimum atomic E-state index is -0.983. The van der Waals surface area contributed by atoms with E-state index in [4.69, 9.17) is 5.73 Å². The van der Waals surface area contributed by atoms with Crippen LogP contribution in [0.15, 0.2) is 12.3 Å². The van der Waals surface area contributed by atoms with Crippen molar-refractivity contribution in [3.8, 4) is 0 Å². The Morgan fingerprint density at radius 3 is 2.85 bits per heavy atom. The number of anilines is 2. The minimum Gasteiger partial charge on any atom is -0.478 e. The van der Waals surface area contributed by atoms with E-state index in [-0.39, 0.29) is 11.3 Å². The molecule has 108 valence electrons. The molecule has 1 aliphatic heterocycles. The quantitative estimate of drug-likeness (QED) is 0.867. The first-order valence-electron chi connectivity index (χ1n) is 7.42. The fourth-order valence-corrected chi connectivity index (χ4v) is 3.71. The molecule has 1 saturated carbocycles. The molecule has 1 aliphatic carbocycles. The van der Waals surface area contributed by atoms with Crippen molar-refractivity contribution in [3.05, 3.63) is 17.8 Å². The lowest BCUT2D eigenvalue weighted by atomic mass is 9.78. The highest BCUT2D eigenvalue weighted by Gasteiger charge is 2.34. The van der Waals surface area contributed by atoms with Crippen LogP contribution in [0.5, 0.6) is 0 Å². The predicted molar refractivity (Wildman–Crippen MR) is 77.9 cm³/mol. The second kappa shape index (κ2) is 5.31. The molecule has 0 aromatic carbocycles. The third-order valence-corrected chi connectivity index (χ3v) is 4.69. The van der Waals surface area contributed by atoms with Crippen molar-refractivity contribution in [2.45, 2.75) is 44.6 Å². The van der Waals surface area contributed by atoms with E-state index in [1.165, 1.54) is 38.3 Å². The van der Waals surface area contributed by atoms with Crippen LogP contribution in [0.4, 0.5) is 11.5 Å².